The van der Waals surface area contributed by atoms with Gasteiger partial charge in [-0.25, -0.2) is 9.48 Å². The minimum atomic E-state index is -0.384. The summed E-state index contributed by atoms with van der Waals surface area (Å²) in [7, 11) is 1.36. The first-order valence-electron chi connectivity index (χ1n) is 7.99. The van der Waals surface area contributed by atoms with E-state index in [-0.39, 0.29) is 18.4 Å². The predicted molar refractivity (Wildman–Crippen MR) is 88.7 cm³/mol. The van der Waals surface area contributed by atoms with Crippen molar-refractivity contribution < 1.29 is 14.3 Å². The van der Waals surface area contributed by atoms with Gasteiger partial charge in [-0.05, 0) is 18.2 Å². The van der Waals surface area contributed by atoms with E-state index in [0.717, 1.165) is 16.7 Å². The van der Waals surface area contributed by atoms with Gasteiger partial charge >= 0.3 is 5.97 Å². The third-order valence-electron chi connectivity index (χ3n) is 4.49. The number of carbonyl (C=O) groups is 2. The van der Waals surface area contributed by atoms with Crippen molar-refractivity contribution in [1.82, 2.24) is 24.5 Å². The second-order valence-corrected chi connectivity index (χ2v) is 5.91. The number of ether oxygens (including phenoxy) is 1. The second kappa shape index (κ2) is 6.04. The van der Waals surface area contributed by atoms with E-state index in [2.05, 4.69) is 10.3 Å². The summed E-state index contributed by atoms with van der Waals surface area (Å²) in [5, 5.41) is 8.13. The number of para-hydroxylation sites is 1. The Labute approximate surface area is 143 Å². The molecule has 0 unspecified atom stereocenters. The van der Waals surface area contributed by atoms with Gasteiger partial charge in [0, 0.05) is 19.3 Å². The van der Waals surface area contributed by atoms with Gasteiger partial charge in [0.2, 0.25) is 5.91 Å². The number of amides is 1. The molecule has 8 nitrogen and oxygen atoms in total. The van der Waals surface area contributed by atoms with Crippen LogP contribution >= 0.6 is 0 Å². The van der Waals surface area contributed by atoms with Crippen LogP contribution in [-0.2, 0) is 29.2 Å². The number of methoxy groups -OCH3 is 1. The normalized spacial score (nSPS) is 13.7. The van der Waals surface area contributed by atoms with Crippen LogP contribution < -0.4 is 0 Å². The SMILES string of the molecule is COC(=O)c1ccn2c1CN(C(=O)Cn1nnc3ccccc31)CC2. The molecule has 1 aromatic carbocycles. The summed E-state index contributed by atoms with van der Waals surface area (Å²) in [6, 6.07) is 9.26. The van der Waals surface area contributed by atoms with Gasteiger partial charge in [0.25, 0.3) is 0 Å². The van der Waals surface area contributed by atoms with E-state index in [1.54, 1.807) is 15.6 Å². The summed E-state index contributed by atoms with van der Waals surface area (Å²) in [6.45, 7) is 1.74. The van der Waals surface area contributed by atoms with Gasteiger partial charge in [-0.3, -0.25) is 4.79 Å². The molecular formula is C17H17N5O3. The Balaban J connectivity index is 1.54. The van der Waals surface area contributed by atoms with Gasteiger partial charge < -0.3 is 14.2 Å². The summed E-state index contributed by atoms with van der Waals surface area (Å²) in [4.78, 5) is 26.3. The van der Waals surface area contributed by atoms with Crippen LogP contribution in [0.1, 0.15) is 16.1 Å². The standard InChI is InChI=1S/C17H17N5O3/c1-25-17(24)12-6-7-20-8-9-21(10-15(12)20)16(23)11-22-14-5-3-2-4-13(14)18-19-22/h2-7H,8-11H2,1H3. The van der Waals surface area contributed by atoms with Crippen LogP contribution in [0.4, 0.5) is 0 Å². The zero-order chi connectivity index (χ0) is 17.4. The number of hydrogen-bond acceptors (Lipinski definition) is 5. The van der Waals surface area contributed by atoms with E-state index >= 15 is 0 Å². The zero-order valence-corrected chi connectivity index (χ0v) is 13.8. The smallest absolute Gasteiger partial charge is 0.339 e. The average molecular weight is 339 g/mol. The highest BCUT2D eigenvalue weighted by Crippen LogP contribution is 2.20. The number of fused-ring (bicyclic) bond motifs is 2. The monoisotopic (exact) mass is 339 g/mol. The molecule has 0 saturated heterocycles. The molecule has 0 aliphatic carbocycles. The molecule has 0 bridgehead atoms. The molecule has 1 aliphatic rings. The van der Waals surface area contributed by atoms with Crippen molar-refractivity contribution in [2.24, 2.45) is 0 Å². The third-order valence-corrected chi connectivity index (χ3v) is 4.49. The Bertz CT molecular complexity index is 958. The van der Waals surface area contributed by atoms with Crippen molar-refractivity contribution in [1.29, 1.82) is 0 Å². The number of benzene rings is 1. The van der Waals surface area contributed by atoms with Gasteiger partial charge in [0.05, 0.1) is 30.4 Å². The van der Waals surface area contributed by atoms with Crippen LogP contribution in [0.2, 0.25) is 0 Å². The minimum Gasteiger partial charge on any atom is -0.465 e. The Morgan fingerprint density at radius 1 is 1.20 bits per heavy atom. The van der Waals surface area contributed by atoms with Gasteiger partial charge in [0.1, 0.15) is 12.1 Å². The first-order chi connectivity index (χ1) is 12.2. The van der Waals surface area contributed by atoms with Crippen LogP contribution in [0.5, 0.6) is 0 Å². The van der Waals surface area contributed by atoms with Crippen LogP contribution in [0.15, 0.2) is 36.5 Å². The van der Waals surface area contributed by atoms with Crippen molar-refractivity contribution >= 4 is 22.9 Å². The molecule has 3 aromatic rings. The summed E-state index contributed by atoms with van der Waals surface area (Å²) >= 11 is 0. The first-order valence-corrected chi connectivity index (χ1v) is 7.99. The highest BCUT2D eigenvalue weighted by Gasteiger charge is 2.26. The number of carbonyl (C=O) groups excluding carboxylic acids is 2. The minimum absolute atomic E-state index is 0.0566. The Hall–Kier alpha value is -3.16. The van der Waals surface area contributed by atoms with Gasteiger partial charge in [-0.2, -0.15) is 0 Å². The molecule has 25 heavy (non-hydrogen) atoms. The van der Waals surface area contributed by atoms with E-state index < -0.39 is 0 Å². The number of rotatable bonds is 3. The van der Waals surface area contributed by atoms with E-state index in [9.17, 15) is 9.59 Å². The van der Waals surface area contributed by atoms with E-state index in [0.29, 0.717) is 25.2 Å². The second-order valence-electron chi connectivity index (χ2n) is 5.91. The molecule has 0 saturated carbocycles. The lowest BCUT2D eigenvalue weighted by Gasteiger charge is -2.29. The summed E-state index contributed by atoms with van der Waals surface area (Å²) in [5.41, 5.74) is 2.89. The molecule has 3 heterocycles. The van der Waals surface area contributed by atoms with Crippen LogP contribution in [0.3, 0.4) is 0 Å². The van der Waals surface area contributed by atoms with E-state index in [4.69, 9.17) is 4.74 Å². The number of aromatic nitrogens is 4. The van der Waals surface area contributed by atoms with E-state index in [1.165, 1.54) is 7.11 Å². The first kappa shape index (κ1) is 15.4. The summed E-state index contributed by atoms with van der Waals surface area (Å²) in [6.07, 6.45) is 1.86. The van der Waals surface area contributed by atoms with Crippen molar-refractivity contribution in [3.63, 3.8) is 0 Å². The molecule has 1 aliphatic heterocycles. The fourth-order valence-electron chi connectivity index (χ4n) is 3.15. The molecule has 1 amide bonds. The molecular weight excluding hydrogens is 322 g/mol. The molecule has 4 rings (SSSR count). The number of nitrogens with zero attached hydrogens (tertiary/aromatic N) is 5. The lowest BCUT2D eigenvalue weighted by molar-refractivity contribution is -0.133. The molecule has 128 valence electrons. The Morgan fingerprint density at radius 2 is 2.04 bits per heavy atom. The molecule has 0 N–H and O–H groups in total. The molecule has 0 spiro atoms. The van der Waals surface area contributed by atoms with Crippen LogP contribution in [-0.4, -0.2) is 50.0 Å². The number of esters is 1. The topological polar surface area (TPSA) is 82.2 Å². The van der Waals surface area contributed by atoms with Crippen LogP contribution in [0, 0.1) is 0 Å². The number of hydrogen-bond donors (Lipinski definition) is 0. The van der Waals surface area contributed by atoms with Crippen molar-refractivity contribution in [3.05, 3.63) is 47.8 Å². The van der Waals surface area contributed by atoms with Gasteiger partial charge in [-0.15, -0.1) is 5.10 Å². The fourth-order valence-corrected chi connectivity index (χ4v) is 3.15. The van der Waals surface area contributed by atoms with Gasteiger partial charge in [-0.1, -0.05) is 17.3 Å². The van der Waals surface area contributed by atoms with E-state index in [1.807, 2.05) is 35.0 Å². The molecule has 0 radical (unpaired) electrons. The zero-order valence-electron chi connectivity index (χ0n) is 13.8. The quantitative estimate of drug-likeness (QED) is 0.667. The predicted octanol–water partition coefficient (Wildman–Crippen LogP) is 1.06. The maximum Gasteiger partial charge on any atom is 0.339 e. The molecule has 8 heteroatoms. The van der Waals surface area contributed by atoms with Crippen molar-refractivity contribution in [2.75, 3.05) is 13.7 Å². The maximum atomic E-state index is 12.7. The van der Waals surface area contributed by atoms with Crippen molar-refractivity contribution in [3.8, 4) is 0 Å². The Kier molecular flexibility index (Phi) is 3.72. The Morgan fingerprint density at radius 3 is 2.88 bits per heavy atom. The third kappa shape index (κ3) is 2.65. The molecule has 0 atom stereocenters. The summed E-state index contributed by atoms with van der Waals surface area (Å²) < 4.78 is 8.40. The van der Waals surface area contributed by atoms with Crippen LogP contribution in [0.25, 0.3) is 11.0 Å². The lowest BCUT2D eigenvalue weighted by atomic mass is 10.2. The molecule has 0 fully saturated rings. The summed E-state index contributed by atoms with van der Waals surface area (Å²) in [5.74, 6) is -0.441. The van der Waals surface area contributed by atoms with Crippen molar-refractivity contribution in [2.45, 2.75) is 19.6 Å². The fraction of sp³-hybridized carbons (Fsp3) is 0.294. The lowest BCUT2D eigenvalue weighted by Crippen LogP contribution is -2.40. The largest absolute Gasteiger partial charge is 0.465 e. The molecule has 2 aromatic heterocycles. The highest BCUT2D eigenvalue weighted by atomic mass is 16.5. The van der Waals surface area contributed by atoms with Gasteiger partial charge in [0.15, 0.2) is 0 Å². The average Bonchev–Trinajstić information content (AvgIpc) is 3.25. The highest BCUT2D eigenvalue weighted by molar-refractivity contribution is 5.91. The maximum absolute atomic E-state index is 12.7.